The quantitative estimate of drug-likeness (QED) is 0.158. The van der Waals surface area contributed by atoms with Crippen molar-refractivity contribution < 1.29 is 32.4 Å². The Labute approximate surface area is 301 Å². The van der Waals surface area contributed by atoms with Gasteiger partial charge in [-0.15, -0.1) is 0 Å². The van der Waals surface area contributed by atoms with Crippen LogP contribution in [0.4, 0.5) is 4.79 Å². The Hall–Kier alpha value is -3.78. The highest BCUT2D eigenvalue weighted by Gasteiger charge is 2.69. The van der Waals surface area contributed by atoms with Gasteiger partial charge in [0.1, 0.15) is 12.1 Å². The molecule has 280 valence electrons. The highest BCUT2D eigenvalue weighted by molar-refractivity contribution is 7.89. The predicted molar refractivity (Wildman–Crippen MR) is 191 cm³/mol. The van der Waals surface area contributed by atoms with E-state index in [2.05, 4.69) is 36.4 Å². The van der Waals surface area contributed by atoms with E-state index in [0.717, 1.165) is 55.7 Å². The highest BCUT2D eigenvalue weighted by atomic mass is 32.2. The van der Waals surface area contributed by atoms with Crippen molar-refractivity contribution in [3.05, 3.63) is 42.5 Å². The molecule has 13 nitrogen and oxygen atoms in total. The molecule has 5 amide bonds. The lowest BCUT2D eigenvalue weighted by molar-refractivity contribution is -0.144. The van der Waals surface area contributed by atoms with Gasteiger partial charge in [0.15, 0.2) is 0 Å². The summed E-state index contributed by atoms with van der Waals surface area (Å²) in [6.45, 7) is 10.0. The van der Waals surface area contributed by atoms with Gasteiger partial charge in [-0.1, -0.05) is 82.7 Å². The Bertz CT molecular complexity index is 1620. The fourth-order valence-corrected chi connectivity index (χ4v) is 9.56. The van der Waals surface area contributed by atoms with E-state index in [4.69, 9.17) is 5.73 Å². The van der Waals surface area contributed by atoms with Crippen LogP contribution in [0.2, 0.25) is 0 Å². The number of piperidine rings is 1. The number of ketones is 1. The van der Waals surface area contributed by atoms with E-state index in [9.17, 15) is 32.4 Å². The molecule has 1 heterocycles. The van der Waals surface area contributed by atoms with E-state index in [1.54, 1.807) is 30.0 Å². The molecule has 5 N–H and O–H groups in total. The maximum Gasteiger partial charge on any atom is 0.315 e. The molecule has 1 aromatic carbocycles. The van der Waals surface area contributed by atoms with Crippen LogP contribution >= 0.6 is 0 Å². The van der Waals surface area contributed by atoms with Crippen molar-refractivity contribution in [2.75, 3.05) is 20.1 Å². The number of hydrogen-bond donors (Lipinski definition) is 4. The molecule has 0 bridgehead atoms. The van der Waals surface area contributed by atoms with E-state index >= 15 is 0 Å². The number of nitrogens with two attached hydrogens (primary N) is 1. The third kappa shape index (κ3) is 8.32. The summed E-state index contributed by atoms with van der Waals surface area (Å²) in [6.07, 6.45) is 7.42. The van der Waals surface area contributed by atoms with Crippen LogP contribution in [-0.4, -0.2) is 91.5 Å². The van der Waals surface area contributed by atoms with Crippen molar-refractivity contribution in [3.8, 4) is 0 Å². The van der Waals surface area contributed by atoms with Gasteiger partial charge < -0.3 is 26.6 Å². The van der Waals surface area contributed by atoms with Gasteiger partial charge in [-0.2, -0.15) is 4.31 Å². The molecule has 4 fully saturated rings. The topological polar surface area (TPSA) is 188 Å². The maximum absolute atomic E-state index is 14.6. The van der Waals surface area contributed by atoms with Crippen molar-refractivity contribution >= 4 is 39.6 Å². The van der Waals surface area contributed by atoms with E-state index in [1.807, 2.05) is 0 Å². The Morgan fingerprint density at radius 1 is 0.961 bits per heavy atom. The number of likely N-dealkylation sites (tertiary alicyclic amines) is 1. The lowest BCUT2D eigenvalue weighted by atomic mass is 9.80. The van der Waals surface area contributed by atoms with Crippen LogP contribution in [-0.2, 0) is 29.2 Å². The zero-order valence-electron chi connectivity index (χ0n) is 30.2. The second kappa shape index (κ2) is 15.4. The molecular formula is C37H54N6O7S. The van der Waals surface area contributed by atoms with Gasteiger partial charge in [0, 0.05) is 20.1 Å². The van der Waals surface area contributed by atoms with Gasteiger partial charge in [0.05, 0.1) is 17.0 Å². The molecule has 4 aliphatic rings. The van der Waals surface area contributed by atoms with Gasteiger partial charge in [0.25, 0.3) is 5.91 Å². The van der Waals surface area contributed by atoms with Crippen molar-refractivity contribution in [1.29, 1.82) is 0 Å². The molecule has 1 saturated heterocycles. The van der Waals surface area contributed by atoms with E-state index < -0.39 is 57.8 Å². The average Bonchev–Trinajstić information content (AvgIpc) is 3.38. The number of primary amides is 1. The normalized spacial score (nSPS) is 24.7. The van der Waals surface area contributed by atoms with Crippen molar-refractivity contribution in [3.63, 3.8) is 0 Å². The van der Waals surface area contributed by atoms with Gasteiger partial charge in [0.2, 0.25) is 27.6 Å². The SMILES string of the molecule is C=C(C)[C@@H](CN(C)S(=O)(=O)c1ccccc1)NC(=O)N[C@H](C(=O)N1C[C@H]2[C@@H]([C@H]1C(=O)NC(CC1CCC1)C(=O)C(N)=O)C2(C)C)C1CCCCC1. The summed E-state index contributed by atoms with van der Waals surface area (Å²) in [4.78, 5) is 68.7. The monoisotopic (exact) mass is 726 g/mol. The molecule has 1 aliphatic heterocycles. The van der Waals surface area contributed by atoms with Crippen LogP contribution in [0, 0.1) is 29.1 Å². The molecule has 6 atom stereocenters. The van der Waals surface area contributed by atoms with Crippen LogP contribution in [0.25, 0.3) is 0 Å². The summed E-state index contributed by atoms with van der Waals surface area (Å²) >= 11 is 0. The highest BCUT2D eigenvalue weighted by Crippen LogP contribution is 2.65. The third-order valence-electron chi connectivity index (χ3n) is 11.9. The fraction of sp³-hybridized carbons (Fsp3) is 0.649. The summed E-state index contributed by atoms with van der Waals surface area (Å²) in [5.41, 5.74) is 5.69. The molecule has 3 saturated carbocycles. The number of sulfonamides is 1. The molecule has 0 radical (unpaired) electrons. The van der Waals surface area contributed by atoms with Crippen LogP contribution in [0.5, 0.6) is 0 Å². The van der Waals surface area contributed by atoms with Gasteiger partial charge in [-0.3, -0.25) is 19.2 Å². The zero-order chi connectivity index (χ0) is 37.2. The van der Waals surface area contributed by atoms with Gasteiger partial charge >= 0.3 is 6.03 Å². The number of rotatable bonds is 15. The summed E-state index contributed by atoms with van der Waals surface area (Å²) in [7, 11) is -2.41. The second-order valence-electron chi connectivity index (χ2n) is 15.7. The number of amides is 5. The van der Waals surface area contributed by atoms with Crippen LogP contribution in [0.3, 0.4) is 0 Å². The Kier molecular flexibility index (Phi) is 11.6. The molecule has 1 aromatic rings. The van der Waals surface area contributed by atoms with Gasteiger partial charge in [-0.05, 0) is 67.4 Å². The standard InChI is InChI=1S/C37H54N6O7S/c1-22(2)28(21-42(5)51(49,50)25-17-10-7-11-18-25)40-36(48)41-30(24-15-8-6-9-16-24)35(47)43-20-26-29(37(26,3)4)31(43)34(46)39-27(32(44)33(38)45)19-23-13-12-14-23/h7,10-11,17-18,23-24,26-31H,1,6,8-9,12-16,19-21H2,2-5H3,(H2,38,45)(H,39,46)(H2,40,41,48)/t26-,27?,28+,29-,30-,31-/m0/s1. The molecule has 0 spiro atoms. The van der Waals surface area contributed by atoms with Crippen molar-refractivity contribution in [1.82, 2.24) is 25.2 Å². The summed E-state index contributed by atoms with van der Waals surface area (Å²) in [5.74, 6) is -2.85. The summed E-state index contributed by atoms with van der Waals surface area (Å²) in [5, 5.41) is 8.57. The maximum atomic E-state index is 14.6. The Morgan fingerprint density at radius 2 is 1.61 bits per heavy atom. The number of nitrogens with zero attached hydrogens (tertiary/aromatic N) is 2. The molecular weight excluding hydrogens is 673 g/mol. The number of fused-ring (bicyclic) bond motifs is 1. The van der Waals surface area contributed by atoms with E-state index in [0.29, 0.717) is 18.5 Å². The second-order valence-corrected chi connectivity index (χ2v) is 17.7. The smallest absolute Gasteiger partial charge is 0.315 e. The van der Waals surface area contributed by atoms with E-state index in [-0.39, 0.29) is 46.4 Å². The predicted octanol–water partition coefficient (Wildman–Crippen LogP) is 2.71. The average molecular weight is 727 g/mol. The van der Waals surface area contributed by atoms with Crippen LogP contribution in [0.15, 0.2) is 47.4 Å². The minimum atomic E-state index is -3.84. The molecule has 3 aliphatic carbocycles. The first-order chi connectivity index (χ1) is 24.0. The largest absolute Gasteiger partial charge is 0.363 e. The molecule has 14 heteroatoms. The number of Topliss-reactive ketones (excluding diaryl/α,β-unsaturated/α-hetero) is 1. The number of likely N-dealkylation sites (N-methyl/N-ethyl adjacent to an activating group) is 1. The van der Waals surface area contributed by atoms with Crippen molar-refractivity contribution in [2.24, 2.45) is 34.8 Å². The number of benzene rings is 1. The van der Waals surface area contributed by atoms with Crippen LogP contribution < -0.4 is 21.7 Å². The van der Waals surface area contributed by atoms with Crippen LogP contribution in [0.1, 0.15) is 78.6 Å². The summed E-state index contributed by atoms with van der Waals surface area (Å²) < 4.78 is 27.6. The fourth-order valence-electron chi connectivity index (χ4n) is 8.36. The lowest BCUT2D eigenvalue weighted by Gasteiger charge is -2.37. The zero-order valence-corrected chi connectivity index (χ0v) is 31.0. The Morgan fingerprint density at radius 3 is 2.18 bits per heavy atom. The molecule has 1 unspecified atom stereocenters. The summed E-state index contributed by atoms with van der Waals surface area (Å²) in [6, 6.07) is 3.74. The lowest BCUT2D eigenvalue weighted by Crippen LogP contribution is -2.61. The minimum Gasteiger partial charge on any atom is -0.363 e. The number of carbonyl (C=O) groups excluding carboxylic acids is 5. The molecule has 5 rings (SSSR count). The third-order valence-corrected chi connectivity index (χ3v) is 13.7. The molecule has 0 aromatic heterocycles. The number of carbonyl (C=O) groups is 5. The number of urea groups is 1. The first-order valence-corrected chi connectivity index (χ1v) is 19.7. The minimum absolute atomic E-state index is 0.0600. The molecule has 51 heavy (non-hydrogen) atoms. The van der Waals surface area contributed by atoms with E-state index in [1.165, 1.54) is 19.2 Å². The number of nitrogens with one attached hydrogen (secondary N) is 3. The first-order valence-electron chi connectivity index (χ1n) is 18.2. The Balaban J connectivity index is 1.33. The van der Waals surface area contributed by atoms with Crippen molar-refractivity contribution in [2.45, 2.75) is 108 Å². The first kappa shape index (κ1) is 38.5. The number of hydrogen-bond acceptors (Lipinski definition) is 7. The van der Waals surface area contributed by atoms with Gasteiger partial charge in [-0.25, -0.2) is 13.2 Å².